The summed E-state index contributed by atoms with van der Waals surface area (Å²) in [5.74, 6) is -0.554. The number of likely N-dealkylation sites (tertiary alicyclic amines) is 1. The second kappa shape index (κ2) is 5.59. The van der Waals surface area contributed by atoms with Crippen LogP contribution in [0.15, 0.2) is 0 Å². The molecule has 1 saturated heterocycles. The van der Waals surface area contributed by atoms with Crippen LogP contribution in [0.5, 0.6) is 0 Å². The van der Waals surface area contributed by atoms with Gasteiger partial charge in [-0.1, -0.05) is 19.8 Å². The average Bonchev–Trinajstić information content (AvgIpc) is 2.87. The Balaban J connectivity index is 2.01. The van der Waals surface area contributed by atoms with Crippen molar-refractivity contribution < 1.29 is 19.4 Å². The molecule has 1 saturated carbocycles. The normalized spacial score (nSPS) is 30.3. The number of aliphatic carboxylic acids is 1. The number of unbranched alkanes of at least 4 members (excludes halogenated alkanes) is 1. The number of fused-ring (bicyclic) bond motifs is 1. The van der Waals surface area contributed by atoms with E-state index in [0.717, 1.165) is 32.1 Å². The highest BCUT2D eigenvalue weighted by atomic mass is 16.6. The van der Waals surface area contributed by atoms with Gasteiger partial charge in [0.2, 0.25) is 0 Å². The Bertz CT molecular complexity index is 331. The molecular weight excluding hydrogens is 234 g/mol. The molecule has 2 fully saturated rings. The molecule has 5 nitrogen and oxygen atoms in total. The van der Waals surface area contributed by atoms with Crippen molar-refractivity contribution in [1.82, 2.24) is 4.90 Å². The van der Waals surface area contributed by atoms with Crippen molar-refractivity contribution in [3.63, 3.8) is 0 Å². The van der Waals surface area contributed by atoms with Crippen LogP contribution >= 0.6 is 0 Å². The zero-order chi connectivity index (χ0) is 13.1. The van der Waals surface area contributed by atoms with Gasteiger partial charge >= 0.3 is 12.1 Å². The number of hydrogen-bond acceptors (Lipinski definition) is 3. The van der Waals surface area contributed by atoms with Crippen LogP contribution in [-0.4, -0.2) is 40.8 Å². The van der Waals surface area contributed by atoms with Gasteiger partial charge in [0.25, 0.3) is 0 Å². The fraction of sp³-hybridized carbons (Fsp3) is 0.846. The zero-order valence-corrected chi connectivity index (χ0v) is 10.8. The molecule has 0 spiro atoms. The lowest BCUT2D eigenvalue weighted by Crippen LogP contribution is -2.45. The fourth-order valence-electron chi connectivity index (χ4n) is 3.15. The Kier molecular flexibility index (Phi) is 4.09. The number of rotatable bonds is 4. The first-order chi connectivity index (χ1) is 8.65. The molecule has 1 N–H and O–H groups in total. The van der Waals surface area contributed by atoms with Gasteiger partial charge in [-0.15, -0.1) is 0 Å². The van der Waals surface area contributed by atoms with E-state index in [0.29, 0.717) is 18.9 Å². The van der Waals surface area contributed by atoms with Gasteiger partial charge in [0.05, 0.1) is 6.61 Å². The molecule has 0 radical (unpaired) electrons. The van der Waals surface area contributed by atoms with Gasteiger partial charge in [-0.05, 0) is 31.6 Å². The summed E-state index contributed by atoms with van der Waals surface area (Å²) in [7, 11) is 0. The van der Waals surface area contributed by atoms with Crippen LogP contribution in [0.3, 0.4) is 0 Å². The fourth-order valence-corrected chi connectivity index (χ4v) is 3.15. The summed E-state index contributed by atoms with van der Waals surface area (Å²) in [5, 5.41) is 9.21. The lowest BCUT2D eigenvalue weighted by Gasteiger charge is -2.26. The lowest BCUT2D eigenvalue weighted by atomic mass is 10.0. The van der Waals surface area contributed by atoms with E-state index in [9.17, 15) is 14.7 Å². The van der Waals surface area contributed by atoms with Crippen molar-refractivity contribution in [2.24, 2.45) is 5.92 Å². The minimum Gasteiger partial charge on any atom is -0.480 e. The molecule has 102 valence electrons. The first-order valence-electron chi connectivity index (χ1n) is 6.83. The first-order valence-corrected chi connectivity index (χ1v) is 6.83. The maximum atomic E-state index is 12.0. The Morgan fingerprint density at radius 2 is 2.17 bits per heavy atom. The van der Waals surface area contributed by atoms with Crippen molar-refractivity contribution in [2.75, 3.05) is 6.61 Å². The predicted octanol–water partition coefficient (Wildman–Crippen LogP) is 2.25. The van der Waals surface area contributed by atoms with Crippen molar-refractivity contribution in [3.05, 3.63) is 0 Å². The number of carboxylic acids is 1. The summed E-state index contributed by atoms with van der Waals surface area (Å²) >= 11 is 0. The summed E-state index contributed by atoms with van der Waals surface area (Å²) in [6.07, 6.45) is 4.96. The first kappa shape index (κ1) is 13.2. The van der Waals surface area contributed by atoms with Crippen LogP contribution < -0.4 is 0 Å². The summed E-state index contributed by atoms with van der Waals surface area (Å²) in [6.45, 7) is 2.41. The monoisotopic (exact) mass is 255 g/mol. The van der Waals surface area contributed by atoms with Gasteiger partial charge in [-0.2, -0.15) is 0 Å². The van der Waals surface area contributed by atoms with E-state index in [2.05, 4.69) is 0 Å². The van der Waals surface area contributed by atoms with Gasteiger partial charge in [-0.3, -0.25) is 4.90 Å². The van der Waals surface area contributed by atoms with Crippen LogP contribution in [0, 0.1) is 5.92 Å². The smallest absolute Gasteiger partial charge is 0.410 e. The van der Waals surface area contributed by atoms with E-state index in [1.807, 2.05) is 6.92 Å². The molecule has 0 aromatic rings. The second-order valence-electron chi connectivity index (χ2n) is 5.22. The molecule has 2 rings (SSSR count). The van der Waals surface area contributed by atoms with Crippen molar-refractivity contribution in [2.45, 2.75) is 57.5 Å². The topological polar surface area (TPSA) is 66.8 Å². The molecule has 0 aromatic carbocycles. The molecule has 1 heterocycles. The minimum atomic E-state index is -0.906. The molecule has 1 aliphatic carbocycles. The highest BCUT2D eigenvalue weighted by molar-refractivity contribution is 5.81. The molecule has 0 bridgehead atoms. The number of ether oxygens (including phenoxy) is 1. The predicted molar refractivity (Wildman–Crippen MR) is 65.3 cm³/mol. The Morgan fingerprint density at radius 1 is 1.39 bits per heavy atom. The molecule has 0 aromatic heterocycles. The standard InChI is InChI=1S/C13H21NO4/c1-2-3-7-18-13(17)14-10-6-4-5-9(10)8-11(14)12(15)16/h9-11H,2-8H2,1H3,(H,15,16). The van der Waals surface area contributed by atoms with Crippen LogP contribution in [0.4, 0.5) is 4.79 Å². The highest BCUT2D eigenvalue weighted by Crippen LogP contribution is 2.41. The largest absolute Gasteiger partial charge is 0.480 e. The van der Waals surface area contributed by atoms with Gasteiger partial charge in [0.15, 0.2) is 0 Å². The van der Waals surface area contributed by atoms with Crippen molar-refractivity contribution in [3.8, 4) is 0 Å². The molecule has 3 atom stereocenters. The number of amides is 1. The molecule has 3 unspecified atom stereocenters. The van der Waals surface area contributed by atoms with Crippen molar-refractivity contribution >= 4 is 12.1 Å². The number of carbonyl (C=O) groups is 2. The van der Waals surface area contributed by atoms with E-state index < -0.39 is 18.1 Å². The Labute approximate surface area is 107 Å². The maximum Gasteiger partial charge on any atom is 0.410 e. The Morgan fingerprint density at radius 3 is 2.83 bits per heavy atom. The Hall–Kier alpha value is -1.26. The van der Waals surface area contributed by atoms with E-state index in [1.165, 1.54) is 4.90 Å². The summed E-state index contributed by atoms with van der Waals surface area (Å²) in [5.41, 5.74) is 0. The third kappa shape index (κ3) is 2.44. The van der Waals surface area contributed by atoms with E-state index in [1.54, 1.807) is 0 Å². The van der Waals surface area contributed by atoms with Gasteiger partial charge in [-0.25, -0.2) is 9.59 Å². The van der Waals surface area contributed by atoms with Gasteiger partial charge < -0.3 is 9.84 Å². The summed E-state index contributed by atoms with van der Waals surface area (Å²) in [6, 6.07) is -0.602. The summed E-state index contributed by atoms with van der Waals surface area (Å²) in [4.78, 5) is 24.7. The zero-order valence-electron chi connectivity index (χ0n) is 10.8. The summed E-state index contributed by atoms with van der Waals surface area (Å²) < 4.78 is 5.18. The molecule has 2 aliphatic rings. The number of carboxylic acid groups (broad SMARTS) is 1. The molecule has 5 heteroatoms. The van der Waals surface area contributed by atoms with Crippen LogP contribution in [-0.2, 0) is 9.53 Å². The van der Waals surface area contributed by atoms with Gasteiger partial charge in [0, 0.05) is 6.04 Å². The minimum absolute atomic E-state index is 0.0835. The van der Waals surface area contributed by atoms with Crippen molar-refractivity contribution in [1.29, 1.82) is 0 Å². The number of hydrogen-bond donors (Lipinski definition) is 1. The molecule has 1 amide bonds. The quantitative estimate of drug-likeness (QED) is 0.782. The third-order valence-corrected chi connectivity index (χ3v) is 4.06. The van der Waals surface area contributed by atoms with Gasteiger partial charge in [0.1, 0.15) is 6.04 Å². The lowest BCUT2D eigenvalue weighted by molar-refractivity contribution is -0.142. The molecule has 18 heavy (non-hydrogen) atoms. The SMILES string of the molecule is CCCCOC(=O)N1C(C(=O)O)CC2CCCC21. The second-order valence-corrected chi connectivity index (χ2v) is 5.22. The van der Waals surface area contributed by atoms with E-state index in [-0.39, 0.29) is 6.04 Å². The molecule has 1 aliphatic heterocycles. The number of nitrogens with zero attached hydrogens (tertiary/aromatic N) is 1. The van der Waals surface area contributed by atoms with Crippen LogP contribution in [0.25, 0.3) is 0 Å². The average molecular weight is 255 g/mol. The molecular formula is C13H21NO4. The number of carbonyl (C=O) groups excluding carboxylic acids is 1. The third-order valence-electron chi connectivity index (χ3n) is 4.06. The maximum absolute atomic E-state index is 12.0. The van der Waals surface area contributed by atoms with Crippen LogP contribution in [0.2, 0.25) is 0 Å². The van der Waals surface area contributed by atoms with E-state index in [4.69, 9.17) is 4.74 Å². The van der Waals surface area contributed by atoms with E-state index >= 15 is 0 Å². The van der Waals surface area contributed by atoms with Crippen LogP contribution in [0.1, 0.15) is 45.4 Å². The highest BCUT2D eigenvalue weighted by Gasteiger charge is 2.49.